The molecule has 1 aromatic carbocycles. The van der Waals surface area contributed by atoms with Gasteiger partial charge in [0.05, 0.1) is 19.3 Å². The quantitative estimate of drug-likeness (QED) is 0.825. The SMILES string of the molecule is Cc1ccc(C(CNC(=O)C(C)CN)N2CCOCC2)cc1. The van der Waals surface area contributed by atoms with Crippen LogP contribution in [0.1, 0.15) is 24.1 Å². The van der Waals surface area contributed by atoms with Gasteiger partial charge >= 0.3 is 0 Å². The Kier molecular flexibility index (Phi) is 6.36. The van der Waals surface area contributed by atoms with Crippen molar-refractivity contribution < 1.29 is 9.53 Å². The summed E-state index contributed by atoms with van der Waals surface area (Å²) >= 11 is 0. The largest absolute Gasteiger partial charge is 0.379 e. The maximum absolute atomic E-state index is 12.0. The van der Waals surface area contributed by atoms with E-state index in [1.165, 1.54) is 11.1 Å². The van der Waals surface area contributed by atoms with Crippen LogP contribution in [0.4, 0.5) is 0 Å². The van der Waals surface area contributed by atoms with Crippen LogP contribution in [-0.4, -0.2) is 50.2 Å². The highest BCUT2D eigenvalue weighted by Crippen LogP contribution is 2.21. The minimum absolute atomic E-state index is 0.0212. The van der Waals surface area contributed by atoms with E-state index in [-0.39, 0.29) is 17.9 Å². The van der Waals surface area contributed by atoms with E-state index >= 15 is 0 Å². The topological polar surface area (TPSA) is 67.6 Å². The Bertz CT molecular complexity index is 469. The number of nitrogens with zero attached hydrogens (tertiary/aromatic N) is 1. The highest BCUT2D eigenvalue weighted by Gasteiger charge is 2.23. The van der Waals surface area contributed by atoms with E-state index in [1.54, 1.807) is 0 Å². The van der Waals surface area contributed by atoms with E-state index in [9.17, 15) is 4.79 Å². The summed E-state index contributed by atoms with van der Waals surface area (Å²) < 4.78 is 5.44. The fraction of sp³-hybridized carbons (Fsp3) is 0.588. The van der Waals surface area contributed by atoms with E-state index in [0.29, 0.717) is 13.1 Å². The number of morpholine rings is 1. The van der Waals surface area contributed by atoms with Crippen LogP contribution in [0.15, 0.2) is 24.3 Å². The van der Waals surface area contributed by atoms with Gasteiger partial charge in [-0.25, -0.2) is 0 Å². The molecule has 1 amide bonds. The zero-order valence-electron chi connectivity index (χ0n) is 13.5. The van der Waals surface area contributed by atoms with Crippen molar-refractivity contribution in [1.82, 2.24) is 10.2 Å². The molecule has 0 saturated carbocycles. The molecule has 22 heavy (non-hydrogen) atoms. The average Bonchev–Trinajstić information content (AvgIpc) is 2.56. The first-order valence-corrected chi connectivity index (χ1v) is 7.98. The molecule has 0 bridgehead atoms. The van der Waals surface area contributed by atoms with E-state index in [2.05, 4.69) is 41.4 Å². The van der Waals surface area contributed by atoms with Crippen molar-refractivity contribution in [2.24, 2.45) is 11.7 Å². The second-order valence-electron chi connectivity index (χ2n) is 5.96. The second kappa shape index (κ2) is 8.27. The lowest BCUT2D eigenvalue weighted by Gasteiger charge is -2.35. The van der Waals surface area contributed by atoms with Gasteiger partial charge in [-0.3, -0.25) is 9.69 Å². The molecular weight excluding hydrogens is 278 g/mol. The monoisotopic (exact) mass is 305 g/mol. The van der Waals surface area contributed by atoms with Gasteiger partial charge in [0.15, 0.2) is 0 Å². The normalized spacial score (nSPS) is 18.7. The van der Waals surface area contributed by atoms with Crippen molar-refractivity contribution >= 4 is 5.91 Å². The summed E-state index contributed by atoms with van der Waals surface area (Å²) in [5, 5.41) is 3.04. The molecule has 1 fully saturated rings. The van der Waals surface area contributed by atoms with Gasteiger partial charge in [-0.2, -0.15) is 0 Å². The molecule has 1 aliphatic rings. The van der Waals surface area contributed by atoms with E-state index in [4.69, 9.17) is 10.5 Å². The number of nitrogens with two attached hydrogens (primary N) is 1. The predicted octanol–water partition coefficient (Wildman–Crippen LogP) is 1.08. The Hall–Kier alpha value is -1.43. The minimum Gasteiger partial charge on any atom is -0.379 e. The van der Waals surface area contributed by atoms with Gasteiger partial charge in [-0.1, -0.05) is 36.8 Å². The minimum atomic E-state index is -0.150. The molecule has 0 spiro atoms. The number of ether oxygens (including phenoxy) is 1. The van der Waals surface area contributed by atoms with E-state index < -0.39 is 0 Å². The molecule has 5 nitrogen and oxygen atoms in total. The van der Waals surface area contributed by atoms with E-state index in [1.807, 2.05) is 6.92 Å². The maximum Gasteiger partial charge on any atom is 0.224 e. The molecule has 1 heterocycles. The number of hydrogen-bond acceptors (Lipinski definition) is 4. The standard InChI is InChI=1S/C17H27N3O2/c1-13-3-5-15(6-4-13)16(20-7-9-22-10-8-20)12-19-17(21)14(2)11-18/h3-6,14,16H,7-12,18H2,1-2H3,(H,19,21). The summed E-state index contributed by atoms with van der Waals surface area (Å²) in [4.78, 5) is 14.4. The number of nitrogens with one attached hydrogen (secondary N) is 1. The predicted molar refractivity (Wildman–Crippen MR) is 87.5 cm³/mol. The molecular formula is C17H27N3O2. The molecule has 1 saturated heterocycles. The zero-order valence-corrected chi connectivity index (χ0v) is 13.5. The lowest BCUT2D eigenvalue weighted by atomic mass is 10.0. The summed E-state index contributed by atoms with van der Waals surface area (Å²) in [6, 6.07) is 8.71. The molecule has 2 atom stereocenters. The van der Waals surface area contributed by atoms with Crippen LogP contribution < -0.4 is 11.1 Å². The second-order valence-corrected chi connectivity index (χ2v) is 5.96. The van der Waals surface area contributed by atoms with Gasteiger partial charge in [-0.15, -0.1) is 0 Å². The third kappa shape index (κ3) is 4.53. The molecule has 5 heteroatoms. The van der Waals surface area contributed by atoms with E-state index in [0.717, 1.165) is 26.3 Å². The van der Waals surface area contributed by atoms with Gasteiger partial charge in [-0.05, 0) is 12.5 Å². The molecule has 0 radical (unpaired) electrons. The van der Waals surface area contributed by atoms with Gasteiger partial charge in [0.2, 0.25) is 5.91 Å². The Morgan fingerprint density at radius 2 is 1.95 bits per heavy atom. The van der Waals surface area contributed by atoms with Crippen molar-refractivity contribution in [2.45, 2.75) is 19.9 Å². The molecule has 1 aliphatic heterocycles. The van der Waals surface area contributed by atoms with Crippen molar-refractivity contribution in [1.29, 1.82) is 0 Å². The van der Waals surface area contributed by atoms with Crippen LogP contribution in [0.5, 0.6) is 0 Å². The lowest BCUT2D eigenvalue weighted by Crippen LogP contribution is -2.45. The number of hydrogen-bond donors (Lipinski definition) is 2. The highest BCUT2D eigenvalue weighted by molar-refractivity contribution is 5.78. The maximum atomic E-state index is 12.0. The van der Waals surface area contributed by atoms with Crippen LogP contribution in [-0.2, 0) is 9.53 Å². The van der Waals surface area contributed by atoms with Crippen LogP contribution in [0.3, 0.4) is 0 Å². The highest BCUT2D eigenvalue weighted by atomic mass is 16.5. The smallest absolute Gasteiger partial charge is 0.224 e. The average molecular weight is 305 g/mol. The molecule has 0 aliphatic carbocycles. The molecule has 2 unspecified atom stereocenters. The number of carbonyl (C=O) groups excluding carboxylic acids is 1. The Morgan fingerprint density at radius 3 is 2.55 bits per heavy atom. The summed E-state index contributed by atoms with van der Waals surface area (Å²) in [7, 11) is 0. The van der Waals surface area contributed by atoms with Crippen molar-refractivity contribution in [3.05, 3.63) is 35.4 Å². The summed E-state index contributed by atoms with van der Waals surface area (Å²) in [5.41, 5.74) is 8.03. The van der Waals surface area contributed by atoms with Gasteiger partial charge in [0, 0.05) is 32.1 Å². The van der Waals surface area contributed by atoms with Crippen molar-refractivity contribution in [3.8, 4) is 0 Å². The zero-order chi connectivity index (χ0) is 15.9. The Balaban J connectivity index is 2.07. The van der Waals surface area contributed by atoms with Gasteiger partial charge in [0.25, 0.3) is 0 Å². The fourth-order valence-corrected chi connectivity index (χ4v) is 2.61. The first-order valence-electron chi connectivity index (χ1n) is 7.98. The third-order valence-corrected chi connectivity index (χ3v) is 4.22. The van der Waals surface area contributed by atoms with Crippen LogP contribution in [0, 0.1) is 12.8 Å². The van der Waals surface area contributed by atoms with Crippen LogP contribution >= 0.6 is 0 Å². The number of benzene rings is 1. The van der Waals surface area contributed by atoms with Crippen LogP contribution in [0.25, 0.3) is 0 Å². The van der Waals surface area contributed by atoms with Crippen LogP contribution in [0.2, 0.25) is 0 Å². The molecule has 2 rings (SSSR count). The molecule has 122 valence electrons. The Morgan fingerprint density at radius 1 is 1.32 bits per heavy atom. The van der Waals surface area contributed by atoms with Gasteiger partial charge in [0.1, 0.15) is 0 Å². The van der Waals surface area contributed by atoms with Gasteiger partial charge < -0.3 is 15.8 Å². The first-order chi connectivity index (χ1) is 10.6. The fourth-order valence-electron chi connectivity index (χ4n) is 2.61. The first kappa shape index (κ1) is 16.9. The summed E-state index contributed by atoms with van der Waals surface area (Å²) in [6.45, 7) is 8.18. The lowest BCUT2D eigenvalue weighted by molar-refractivity contribution is -0.124. The molecule has 1 aromatic rings. The van der Waals surface area contributed by atoms with Crippen molar-refractivity contribution in [2.75, 3.05) is 39.4 Å². The molecule has 0 aromatic heterocycles. The molecule has 3 N–H and O–H groups in total. The van der Waals surface area contributed by atoms with Crippen molar-refractivity contribution in [3.63, 3.8) is 0 Å². The number of amides is 1. The number of rotatable bonds is 6. The summed E-state index contributed by atoms with van der Waals surface area (Å²) in [5.74, 6) is -0.128. The number of carbonyl (C=O) groups is 1. The third-order valence-electron chi connectivity index (χ3n) is 4.22. The Labute approximate surface area is 132 Å². The summed E-state index contributed by atoms with van der Waals surface area (Å²) in [6.07, 6.45) is 0. The number of aryl methyl sites for hydroxylation is 1.